The molecule has 0 aliphatic heterocycles. The number of nitrogens with one attached hydrogen (secondary N) is 1. The molecule has 2 nitrogen and oxygen atoms in total. The average Bonchev–Trinajstić information content (AvgIpc) is 2.42. The summed E-state index contributed by atoms with van der Waals surface area (Å²) in [4.78, 5) is 12.1. The van der Waals surface area contributed by atoms with Crippen LogP contribution in [0.3, 0.4) is 0 Å². The van der Waals surface area contributed by atoms with Gasteiger partial charge in [0.2, 0.25) is 0 Å². The van der Waals surface area contributed by atoms with Gasteiger partial charge in [0.15, 0.2) is 0 Å². The molecule has 1 atom stereocenters. The molecular weight excluding hydrogens is 234 g/mol. The number of carbonyl (C=O) groups excluding carboxylic acids is 1. The van der Waals surface area contributed by atoms with Gasteiger partial charge in [0, 0.05) is 5.56 Å². The third-order valence-electron chi connectivity index (χ3n) is 3.41. The van der Waals surface area contributed by atoms with E-state index in [-0.39, 0.29) is 11.9 Å². The summed E-state index contributed by atoms with van der Waals surface area (Å²) >= 11 is 0. The standard InChI is InChI=1S/C17H19NO/c1-12-9-10-16(11-13(12)2)14(3)18-17(19)15-7-5-4-6-8-15/h4-11,14H,1-3H3,(H,18,19). The SMILES string of the molecule is Cc1ccc(C(C)NC(=O)c2ccccc2)cc1C. The molecule has 0 fully saturated rings. The van der Waals surface area contributed by atoms with Crippen molar-refractivity contribution >= 4 is 5.91 Å². The maximum absolute atomic E-state index is 12.1. The topological polar surface area (TPSA) is 29.1 Å². The van der Waals surface area contributed by atoms with Crippen LogP contribution >= 0.6 is 0 Å². The normalized spacial score (nSPS) is 11.9. The van der Waals surface area contributed by atoms with Gasteiger partial charge >= 0.3 is 0 Å². The minimum atomic E-state index is -0.0358. The molecule has 19 heavy (non-hydrogen) atoms. The number of carbonyl (C=O) groups is 1. The molecule has 2 heteroatoms. The predicted octanol–water partition coefficient (Wildman–Crippen LogP) is 3.79. The number of benzene rings is 2. The highest BCUT2D eigenvalue weighted by Crippen LogP contribution is 2.17. The monoisotopic (exact) mass is 253 g/mol. The van der Waals surface area contributed by atoms with Crippen LogP contribution in [0, 0.1) is 13.8 Å². The minimum Gasteiger partial charge on any atom is -0.346 e. The number of hydrogen-bond donors (Lipinski definition) is 1. The highest BCUT2D eigenvalue weighted by Gasteiger charge is 2.11. The van der Waals surface area contributed by atoms with Crippen LogP contribution in [0.15, 0.2) is 48.5 Å². The second kappa shape index (κ2) is 5.70. The lowest BCUT2D eigenvalue weighted by molar-refractivity contribution is 0.0940. The Morgan fingerprint density at radius 1 is 1.00 bits per heavy atom. The van der Waals surface area contributed by atoms with Crippen molar-refractivity contribution in [3.05, 3.63) is 70.8 Å². The molecule has 98 valence electrons. The van der Waals surface area contributed by atoms with Gasteiger partial charge in [-0.15, -0.1) is 0 Å². The highest BCUT2D eigenvalue weighted by atomic mass is 16.1. The van der Waals surface area contributed by atoms with Crippen molar-refractivity contribution in [1.82, 2.24) is 5.32 Å². The van der Waals surface area contributed by atoms with Crippen LogP contribution in [0.4, 0.5) is 0 Å². The van der Waals surface area contributed by atoms with Gasteiger partial charge in [-0.3, -0.25) is 4.79 Å². The number of rotatable bonds is 3. The zero-order valence-electron chi connectivity index (χ0n) is 11.6. The maximum Gasteiger partial charge on any atom is 0.251 e. The van der Waals surface area contributed by atoms with Gasteiger partial charge < -0.3 is 5.32 Å². The van der Waals surface area contributed by atoms with Gasteiger partial charge in [0.05, 0.1) is 6.04 Å². The molecule has 1 amide bonds. The Kier molecular flexibility index (Phi) is 4.00. The van der Waals surface area contributed by atoms with Gasteiger partial charge in [-0.1, -0.05) is 36.4 Å². The lowest BCUT2D eigenvalue weighted by Gasteiger charge is -2.15. The molecule has 2 aromatic rings. The quantitative estimate of drug-likeness (QED) is 0.885. The molecule has 1 unspecified atom stereocenters. The Hall–Kier alpha value is -2.09. The van der Waals surface area contributed by atoms with E-state index in [1.807, 2.05) is 37.3 Å². The fraction of sp³-hybridized carbons (Fsp3) is 0.235. The predicted molar refractivity (Wildman–Crippen MR) is 78.2 cm³/mol. The van der Waals surface area contributed by atoms with E-state index in [4.69, 9.17) is 0 Å². The van der Waals surface area contributed by atoms with E-state index < -0.39 is 0 Å². The molecule has 0 heterocycles. The van der Waals surface area contributed by atoms with Crippen LogP contribution in [-0.4, -0.2) is 5.91 Å². The van der Waals surface area contributed by atoms with E-state index >= 15 is 0 Å². The lowest BCUT2D eigenvalue weighted by atomic mass is 10.0. The molecule has 0 radical (unpaired) electrons. The smallest absolute Gasteiger partial charge is 0.251 e. The summed E-state index contributed by atoms with van der Waals surface area (Å²) in [7, 11) is 0. The first-order chi connectivity index (χ1) is 9.08. The van der Waals surface area contributed by atoms with Crippen LogP contribution in [0.25, 0.3) is 0 Å². The molecule has 0 bridgehead atoms. The van der Waals surface area contributed by atoms with Crippen molar-refractivity contribution in [3.8, 4) is 0 Å². The summed E-state index contributed by atoms with van der Waals surface area (Å²) in [6.45, 7) is 6.18. The third kappa shape index (κ3) is 3.22. The first kappa shape index (κ1) is 13.3. The first-order valence-corrected chi connectivity index (χ1v) is 6.51. The van der Waals surface area contributed by atoms with Crippen molar-refractivity contribution in [2.24, 2.45) is 0 Å². The number of amides is 1. The zero-order valence-corrected chi connectivity index (χ0v) is 11.6. The third-order valence-corrected chi connectivity index (χ3v) is 3.41. The van der Waals surface area contributed by atoms with E-state index in [1.165, 1.54) is 11.1 Å². The van der Waals surface area contributed by atoms with Crippen molar-refractivity contribution < 1.29 is 4.79 Å². The summed E-state index contributed by atoms with van der Waals surface area (Å²) in [5, 5.41) is 3.02. The van der Waals surface area contributed by atoms with Crippen LogP contribution < -0.4 is 5.32 Å². The average molecular weight is 253 g/mol. The Labute approximate surface area is 114 Å². The van der Waals surface area contributed by atoms with Crippen LogP contribution in [0.5, 0.6) is 0 Å². The van der Waals surface area contributed by atoms with Crippen LogP contribution in [0.2, 0.25) is 0 Å². The molecule has 1 N–H and O–H groups in total. The van der Waals surface area contributed by atoms with Crippen molar-refractivity contribution in [2.45, 2.75) is 26.8 Å². The van der Waals surface area contributed by atoms with Crippen LogP contribution in [-0.2, 0) is 0 Å². The number of aryl methyl sites for hydroxylation is 2. The lowest BCUT2D eigenvalue weighted by Crippen LogP contribution is -2.26. The van der Waals surface area contributed by atoms with Crippen molar-refractivity contribution in [3.63, 3.8) is 0 Å². The summed E-state index contributed by atoms with van der Waals surface area (Å²) in [5.41, 5.74) is 4.34. The minimum absolute atomic E-state index is 0.00649. The molecule has 0 aliphatic carbocycles. The fourth-order valence-corrected chi connectivity index (χ4v) is 1.99. The van der Waals surface area contributed by atoms with E-state index in [1.54, 1.807) is 0 Å². The largest absolute Gasteiger partial charge is 0.346 e. The second-order valence-electron chi connectivity index (χ2n) is 4.90. The van der Waals surface area contributed by atoms with Gasteiger partial charge in [-0.25, -0.2) is 0 Å². The molecule has 0 saturated heterocycles. The first-order valence-electron chi connectivity index (χ1n) is 6.51. The molecule has 0 aromatic heterocycles. The van der Waals surface area contributed by atoms with Gasteiger partial charge in [0.1, 0.15) is 0 Å². The van der Waals surface area contributed by atoms with Gasteiger partial charge in [0.25, 0.3) is 5.91 Å². The Morgan fingerprint density at radius 3 is 2.32 bits per heavy atom. The van der Waals surface area contributed by atoms with E-state index in [0.29, 0.717) is 5.56 Å². The van der Waals surface area contributed by atoms with E-state index in [2.05, 4.69) is 37.4 Å². The molecular formula is C17H19NO. The fourth-order valence-electron chi connectivity index (χ4n) is 1.99. The molecule has 2 rings (SSSR count). The Balaban J connectivity index is 2.10. The van der Waals surface area contributed by atoms with Crippen LogP contribution in [0.1, 0.15) is 40.0 Å². The number of hydrogen-bond acceptors (Lipinski definition) is 1. The second-order valence-corrected chi connectivity index (χ2v) is 4.90. The summed E-state index contributed by atoms with van der Waals surface area (Å²) in [5.74, 6) is -0.0358. The van der Waals surface area contributed by atoms with E-state index in [9.17, 15) is 4.79 Å². The van der Waals surface area contributed by atoms with E-state index in [0.717, 1.165) is 5.56 Å². The molecule has 0 aliphatic rings. The van der Waals surface area contributed by atoms with Gasteiger partial charge in [-0.05, 0) is 49.6 Å². The maximum atomic E-state index is 12.1. The summed E-state index contributed by atoms with van der Waals surface area (Å²) in [6, 6.07) is 15.6. The molecule has 0 spiro atoms. The Morgan fingerprint density at radius 2 is 1.68 bits per heavy atom. The summed E-state index contributed by atoms with van der Waals surface area (Å²) < 4.78 is 0. The molecule has 0 saturated carbocycles. The molecule has 2 aromatic carbocycles. The van der Waals surface area contributed by atoms with Gasteiger partial charge in [-0.2, -0.15) is 0 Å². The highest BCUT2D eigenvalue weighted by molar-refractivity contribution is 5.94. The Bertz CT molecular complexity index is 575. The summed E-state index contributed by atoms with van der Waals surface area (Å²) in [6.07, 6.45) is 0. The zero-order chi connectivity index (χ0) is 13.8. The van der Waals surface area contributed by atoms with Crippen molar-refractivity contribution in [1.29, 1.82) is 0 Å². The van der Waals surface area contributed by atoms with Crippen molar-refractivity contribution in [2.75, 3.05) is 0 Å².